The zero-order valence-electron chi connectivity index (χ0n) is 11.5. The van der Waals surface area contributed by atoms with E-state index in [2.05, 4.69) is 24.0 Å². The second-order valence-corrected chi connectivity index (χ2v) is 5.04. The van der Waals surface area contributed by atoms with Crippen LogP contribution in [0.5, 0.6) is 5.75 Å². The minimum Gasteiger partial charge on any atom is -0.496 e. The number of nitrogens with zero attached hydrogens (tertiary/aromatic N) is 1. The Balaban J connectivity index is 2.06. The van der Waals surface area contributed by atoms with Crippen LogP contribution in [0.2, 0.25) is 0 Å². The third kappa shape index (κ3) is 3.03. The van der Waals surface area contributed by atoms with Crippen molar-refractivity contribution in [1.82, 2.24) is 4.90 Å². The lowest BCUT2D eigenvalue weighted by molar-refractivity contribution is 0.316. The maximum absolute atomic E-state index is 6.31. The van der Waals surface area contributed by atoms with Crippen molar-refractivity contribution in [2.24, 2.45) is 5.73 Å². The van der Waals surface area contributed by atoms with Crippen molar-refractivity contribution in [2.45, 2.75) is 32.2 Å². The number of hydrogen-bond donors (Lipinski definition) is 1. The second kappa shape index (κ2) is 6.21. The maximum atomic E-state index is 6.31. The summed E-state index contributed by atoms with van der Waals surface area (Å²) < 4.78 is 5.35. The molecule has 18 heavy (non-hydrogen) atoms. The van der Waals surface area contributed by atoms with Crippen molar-refractivity contribution in [2.75, 3.05) is 26.7 Å². The zero-order valence-corrected chi connectivity index (χ0v) is 11.5. The summed E-state index contributed by atoms with van der Waals surface area (Å²) in [6.07, 6.45) is 3.61. The normalized spacial score (nSPS) is 17.9. The fraction of sp³-hybridized carbons (Fsp3) is 0.600. The molecule has 0 bridgehead atoms. The molecule has 1 aromatic carbocycles. The van der Waals surface area contributed by atoms with Gasteiger partial charge in [0.1, 0.15) is 5.75 Å². The highest BCUT2D eigenvalue weighted by molar-refractivity contribution is 5.38. The summed E-state index contributed by atoms with van der Waals surface area (Å²) in [6, 6.07) is 6.44. The molecule has 0 saturated carbocycles. The van der Waals surface area contributed by atoms with Gasteiger partial charge in [0.25, 0.3) is 0 Å². The minimum atomic E-state index is 0.110. The van der Waals surface area contributed by atoms with Gasteiger partial charge in [-0.05, 0) is 49.5 Å². The minimum absolute atomic E-state index is 0.110. The Morgan fingerprint density at radius 1 is 1.33 bits per heavy atom. The van der Waals surface area contributed by atoms with E-state index < -0.39 is 0 Å². The van der Waals surface area contributed by atoms with Crippen molar-refractivity contribution in [3.8, 4) is 5.75 Å². The van der Waals surface area contributed by atoms with Crippen LogP contribution in [0.4, 0.5) is 0 Å². The number of rotatable bonds is 5. The van der Waals surface area contributed by atoms with Gasteiger partial charge in [-0.25, -0.2) is 0 Å². The van der Waals surface area contributed by atoms with Crippen LogP contribution in [-0.4, -0.2) is 31.6 Å². The van der Waals surface area contributed by atoms with E-state index in [0.29, 0.717) is 0 Å². The molecule has 1 aromatic rings. The van der Waals surface area contributed by atoms with Crippen molar-refractivity contribution < 1.29 is 4.74 Å². The smallest absolute Gasteiger partial charge is 0.122 e. The molecule has 1 unspecified atom stereocenters. The Morgan fingerprint density at radius 3 is 2.67 bits per heavy atom. The molecule has 1 saturated heterocycles. The molecule has 1 aliphatic rings. The van der Waals surface area contributed by atoms with Crippen LogP contribution < -0.4 is 10.5 Å². The number of benzene rings is 1. The first-order valence-electron chi connectivity index (χ1n) is 6.89. The van der Waals surface area contributed by atoms with Crippen LogP contribution in [0.25, 0.3) is 0 Å². The molecular formula is C15H24N2O. The predicted octanol–water partition coefficient (Wildman–Crippen LogP) is 2.35. The molecule has 0 spiro atoms. The molecule has 2 N–H and O–H groups in total. The van der Waals surface area contributed by atoms with Crippen LogP contribution in [-0.2, 0) is 6.42 Å². The summed E-state index contributed by atoms with van der Waals surface area (Å²) in [6.45, 7) is 5.51. The number of nitrogens with two attached hydrogens (primary N) is 1. The average Bonchev–Trinajstić information content (AvgIpc) is 2.90. The number of aryl methyl sites for hydroxylation is 1. The SMILES string of the molecule is CCc1cc(C(N)CN2CCCC2)ccc1OC. The fourth-order valence-corrected chi connectivity index (χ4v) is 2.65. The lowest BCUT2D eigenvalue weighted by Gasteiger charge is -2.21. The second-order valence-electron chi connectivity index (χ2n) is 5.04. The van der Waals surface area contributed by atoms with E-state index in [0.717, 1.165) is 18.7 Å². The molecule has 0 aromatic heterocycles. The maximum Gasteiger partial charge on any atom is 0.122 e. The Bertz CT molecular complexity index is 386. The molecule has 1 fully saturated rings. The third-order valence-corrected chi connectivity index (χ3v) is 3.77. The first-order valence-corrected chi connectivity index (χ1v) is 6.89. The van der Waals surface area contributed by atoms with Gasteiger partial charge < -0.3 is 15.4 Å². The molecule has 2 rings (SSSR count). The van der Waals surface area contributed by atoms with Gasteiger partial charge >= 0.3 is 0 Å². The van der Waals surface area contributed by atoms with Crippen molar-refractivity contribution in [1.29, 1.82) is 0 Å². The van der Waals surface area contributed by atoms with Gasteiger partial charge in [-0.1, -0.05) is 19.1 Å². The summed E-state index contributed by atoms with van der Waals surface area (Å²) in [5.41, 5.74) is 8.77. The predicted molar refractivity (Wildman–Crippen MR) is 75.0 cm³/mol. The van der Waals surface area contributed by atoms with E-state index in [1.807, 2.05) is 6.07 Å². The summed E-state index contributed by atoms with van der Waals surface area (Å²) >= 11 is 0. The van der Waals surface area contributed by atoms with Gasteiger partial charge in [0, 0.05) is 12.6 Å². The Kier molecular flexibility index (Phi) is 4.61. The van der Waals surface area contributed by atoms with E-state index in [4.69, 9.17) is 10.5 Å². The molecule has 0 radical (unpaired) electrons. The monoisotopic (exact) mass is 248 g/mol. The number of hydrogen-bond acceptors (Lipinski definition) is 3. The highest BCUT2D eigenvalue weighted by Crippen LogP contribution is 2.24. The third-order valence-electron chi connectivity index (χ3n) is 3.77. The van der Waals surface area contributed by atoms with Gasteiger partial charge in [0.05, 0.1) is 7.11 Å². The van der Waals surface area contributed by atoms with Crippen LogP contribution in [0.15, 0.2) is 18.2 Å². The Morgan fingerprint density at radius 2 is 2.06 bits per heavy atom. The first-order chi connectivity index (χ1) is 8.74. The van der Waals surface area contributed by atoms with Crippen molar-refractivity contribution in [3.63, 3.8) is 0 Å². The molecule has 3 nitrogen and oxygen atoms in total. The van der Waals surface area contributed by atoms with E-state index >= 15 is 0 Å². The van der Waals surface area contributed by atoms with Gasteiger partial charge in [-0.2, -0.15) is 0 Å². The fourth-order valence-electron chi connectivity index (χ4n) is 2.65. The molecule has 1 heterocycles. The van der Waals surface area contributed by atoms with Crippen molar-refractivity contribution in [3.05, 3.63) is 29.3 Å². The lowest BCUT2D eigenvalue weighted by Crippen LogP contribution is -2.29. The van der Waals surface area contributed by atoms with Crippen LogP contribution in [0.1, 0.15) is 36.9 Å². The highest BCUT2D eigenvalue weighted by Gasteiger charge is 2.16. The van der Waals surface area contributed by atoms with E-state index in [1.54, 1.807) is 7.11 Å². The van der Waals surface area contributed by atoms with E-state index in [-0.39, 0.29) is 6.04 Å². The molecule has 0 amide bonds. The van der Waals surface area contributed by atoms with Gasteiger partial charge in [0.15, 0.2) is 0 Å². The zero-order chi connectivity index (χ0) is 13.0. The number of likely N-dealkylation sites (tertiary alicyclic amines) is 1. The van der Waals surface area contributed by atoms with E-state index in [9.17, 15) is 0 Å². The molecule has 1 aliphatic heterocycles. The van der Waals surface area contributed by atoms with Gasteiger partial charge in [0.2, 0.25) is 0 Å². The van der Waals surface area contributed by atoms with Crippen molar-refractivity contribution >= 4 is 0 Å². The topological polar surface area (TPSA) is 38.5 Å². The molecule has 1 atom stereocenters. The molecular weight excluding hydrogens is 224 g/mol. The number of methoxy groups -OCH3 is 1. The quantitative estimate of drug-likeness (QED) is 0.869. The molecule has 0 aliphatic carbocycles. The molecule has 3 heteroatoms. The number of ether oxygens (including phenoxy) is 1. The molecule has 100 valence electrons. The summed E-state index contributed by atoms with van der Waals surface area (Å²) in [4.78, 5) is 2.46. The Labute approximate surface area is 110 Å². The van der Waals surface area contributed by atoms with Gasteiger partial charge in [-0.3, -0.25) is 0 Å². The lowest BCUT2D eigenvalue weighted by atomic mass is 10.0. The summed E-state index contributed by atoms with van der Waals surface area (Å²) in [7, 11) is 1.72. The van der Waals surface area contributed by atoms with Crippen LogP contribution in [0.3, 0.4) is 0 Å². The average molecular weight is 248 g/mol. The van der Waals surface area contributed by atoms with Crippen LogP contribution >= 0.6 is 0 Å². The van der Waals surface area contributed by atoms with Crippen LogP contribution in [0, 0.1) is 0 Å². The standard InChI is InChI=1S/C15H24N2O/c1-3-12-10-13(6-7-15(12)18-2)14(16)11-17-8-4-5-9-17/h6-7,10,14H,3-5,8-9,11,16H2,1-2H3. The summed E-state index contributed by atoms with van der Waals surface area (Å²) in [5.74, 6) is 0.967. The first kappa shape index (κ1) is 13.4. The van der Waals surface area contributed by atoms with E-state index in [1.165, 1.54) is 37.1 Å². The highest BCUT2D eigenvalue weighted by atomic mass is 16.5. The van der Waals surface area contributed by atoms with Gasteiger partial charge in [-0.15, -0.1) is 0 Å². The summed E-state index contributed by atoms with van der Waals surface area (Å²) in [5, 5.41) is 0. The Hall–Kier alpha value is -1.06. The largest absolute Gasteiger partial charge is 0.496 e.